The zero-order valence-electron chi connectivity index (χ0n) is 13.9. The highest BCUT2D eigenvalue weighted by atomic mass is 16.5. The van der Waals surface area contributed by atoms with Gasteiger partial charge in [-0.3, -0.25) is 4.79 Å². The van der Waals surface area contributed by atoms with Crippen molar-refractivity contribution < 1.29 is 9.53 Å². The maximum absolute atomic E-state index is 12.3. The number of carbonyl (C=O) groups is 1. The molecular weight excluding hydrogens is 266 g/mol. The highest BCUT2D eigenvalue weighted by Crippen LogP contribution is 2.18. The molecule has 1 rings (SSSR count). The molecule has 0 saturated heterocycles. The second-order valence-electron chi connectivity index (χ2n) is 6.00. The zero-order chi connectivity index (χ0) is 16.0. The van der Waals surface area contributed by atoms with Gasteiger partial charge >= 0.3 is 0 Å². The van der Waals surface area contributed by atoms with E-state index >= 15 is 0 Å². The van der Waals surface area contributed by atoms with Crippen LogP contribution in [0.1, 0.15) is 56.6 Å². The third-order valence-electron chi connectivity index (χ3n) is 3.28. The van der Waals surface area contributed by atoms with Crippen LogP contribution in [0.2, 0.25) is 0 Å². The highest BCUT2D eigenvalue weighted by molar-refractivity contribution is 5.95. The molecule has 0 aliphatic heterocycles. The molecule has 5 nitrogen and oxygen atoms in total. The average molecular weight is 293 g/mol. The molecule has 0 aromatic carbocycles. The van der Waals surface area contributed by atoms with Crippen LogP contribution in [0.3, 0.4) is 0 Å². The lowest BCUT2D eigenvalue weighted by Gasteiger charge is -2.23. The SMILES string of the molecule is CCNc1cc(C(=O)NCC(C)(C)OC)cc(C(C)C)n1. The van der Waals surface area contributed by atoms with Crippen molar-refractivity contribution in [1.82, 2.24) is 10.3 Å². The molecule has 118 valence electrons. The van der Waals surface area contributed by atoms with Crippen LogP contribution in [-0.4, -0.2) is 36.7 Å². The fraction of sp³-hybridized carbons (Fsp3) is 0.625. The molecular formula is C16H27N3O2. The van der Waals surface area contributed by atoms with Gasteiger partial charge in [-0.05, 0) is 38.8 Å². The molecule has 21 heavy (non-hydrogen) atoms. The summed E-state index contributed by atoms with van der Waals surface area (Å²) in [7, 11) is 1.64. The standard InChI is InChI=1S/C16H27N3O2/c1-7-17-14-9-12(8-13(19-14)11(2)3)15(20)18-10-16(4,5)21-6/h8-9,11H,7,10H2,1-6H3,(H,17,19)(H,18,20). The molecule has 0 saturated carbocycles. The van der Waals surface area contributed by atoms with Crippen molar-refractivity contribution in [3.05, 3.63) is 23.4 Å². The van der Waals surface area contributed by atoms with Crippen molar-refractivity contribution in [2.24, 2.45) is 0 Å². The molecule has 1 amide bonds. The highest BCUT2D eigenvalue weighted by Gasteiger charge is 2.19. The van der Waals surface area contributed by atoms with E-state index in [2.05, 4.69) is 29.5 Å². The van der Waals surface area contributed by atoms with Gasteiger partial charge in [-0.1, -0.05) is 13.8 Å². The first-order valence-corrected chi connectivity index (χ1v) is 7.38. The number of ether oxygens (including phenoxy) is 1. The number of anilines is 1. The Balaban J connectivity index is 2.92. The summed E-state index contributed by atoms with van der Waals surface area (Å²) in [6.45, 7) is 11.2. The van der Waals surface area contributed by atoms with Gasteiger partial charge in [0.2, 0.25) is 0 Å². The summed E-state index contributed by atoms with van der Waals surface area (Å²) >= 11 is 0. The summed E-state index contributed by atoms with van der Waals surface area (Å²) < 4.78 is 5.31. The molecule has 0 radical (unpaired) electrons. The van der Waals surface area contributed by atoms with Crippen LogP contribution < -0.4 is 10.6 Å². The van der Waals surface area contributed by atoms with E-state index in [0.717, 1.165) is 18.1 Å². The first-order chi connectivity index (χ1) is 9.79. The van der Waals surface area contributed by atoms with Crippen molar-refractivity contribution in [1.29, 1.82) is 0 Å². The summed E-state index contributed by atoms with van der Waals surface area (Å²) in [6, 6.07) is 3.63. The van der Waals surface area contributed by atoms with Crippen LogP contribution in [0.15, 0.2) is 12.1 Å². The molecule has 1 aromatic heterocycles. The van der Waals surface area contributed by atoms with E-state index in [1.54, 1.807) is 13.2 Å². The number of nitrogens with zero attached hydrogens (tertiary/aromatic N) is 1. The molecule has 0 aliphatic carbocycles. The lowest BCUT2D eigenvalue weighted by Crippen LogP contribution is -2.39. The second kappa shape index (κ2) is 7.41. The Hall–Kier alpha value is -1.62. The predicted molar refractivity (Wildman–Crippen MR) is 85.9 cm³/mol. The minimum absolute atomic E-state index is 0.108. The Labute approximate surface area is 127 Å². The predicted octanol–water partition coefficient (Wildman–Crippen LogP) is 2.79. The van der Waals surface area contributed by atoms with E-state index in [0.29, 0.717) is 12.1 Å². The molecule has 5 heteroatoms. The number of nitrogens with one attached hydrogen (secondary N) is 2. The van der Waals surface area contributed by atoms with Crippen LogP contribution >= 0.6 is 0 Å². The fourth-order valence-corrected chi connectivity index (χ4v) is 1.72. The molecule has 2 N–H and O–H groups in total. The summed E-state index contributed by atoms with van der Waals surface area (Å²) in [5.74, 6) is 0.897. The Morgan fingerprint density at radius 3 is 2.57 bits per heavy atom. The maximum atomic E-state index is 12.3. The van der Waals surface area contributed by atoms with Gasteiger partial charge in [0, 0.05) is 31.5 Å². The van der Waals surface area contributed by atoms with Crippen molar-refractivity contribution >= 4 is 11.7 Å². The summed E-state index contributed by atoms with van der Waals surface area (Å²) in [5.41, 5.74) is 1.15. The van der Waals surface area contributed by atoms with E-state index in [9.17, 15) is 4.79 Å². The molecule has 0 atom stereocenters. The first-order valence-electron chi connectivity index (χ1n) is 7.38. The van der Waals surface area contributed by atoms with E-state index < -0.39 is 0 Å². The van der Waals surface area contributed by atoms with E-state index in [-0.39, 0.29) is 17.4 Å². The Kier molecular flexibility index (Phi) is 6.15. The van der Waals surface area contributed by atoms with Gasteiger partial charge in [-0.25, -0.2) is 4.98 Å². The van der Waals surface area contributed by atoms with Crippen molar-refractivity contribution in [2.45, 2.75) is 46.1 Å². The van der Waals surface area contributed by atoms with Gasteiger partial charge < -0.3 is 15.4 Å². The van der Waals surface area contributed by atoms with Crippen molar-refractivity contribution in [2.75, 3.05) is 25.5 Å². The number of methoxy groups -OCH3 is 1. The maximum Gasteiger partial charge on any atom is 0.251 e. The van der Waals surface area contributed by atoms with Crippen LogP contribution in [0.5, 0.6) is 0 Å². The minimum atomic E-state index is -0.381. The molecule has 0 spiro atoms. The monoisotopic (exact) mass is 293 g/mol. The van der Waals surface area contributed by atoms with Gasteiger partial charge in [0.25, 0.3) is 5.91 Å². The summed E-state index contributed by atoms with van der Waals surface area (Å²) in [4.78, 5) is 16.8. The summed E-state index contributed by atoms with van der Waals surface area (Å²) in [5, 5.41) is 6.07. The van der Waals surface area contributed by atoms with Gasteiger partial charge in [-0.2, -0.15) is 0 Å². The van der Waals surface area contributed by atoms with Crippen molar-refractivity contribution in [3.63, 3.8) is 0 Å². The van der Waals surface area contributed by atoms with E-state index in [1.165, 1.54) is 0 Å². The molecule has 0 fully saturated rings. The van der Waals surface area contributed by atoms with Crippen molar-refractivity contribution in [3.8, 4) is 0 Å². The largest absolute Gasteiger partial charge is 0.377 e. The average Bonchev–Trinajstić information content (AvgIpc) is 2.44. The molecule has 0 aliphatic rings. The molecule has 1 aromatic rings. The number of hydrogen-bond donors (Lipinski definition) is 2. The zero-order valence-corrected chi connectivity index (χ0v) is 13.9. The topological polar surface area (TPSA) is 63.2 Å². The fourth-order valence-electron chi connectivity index (χ4n) is 1.72. The van der Waals surface area contributed by atoms with Crippen LogP contribution in [0.25, 0.3) is 0 Å². The van der Waals surface area contributed by atoms with Gasteiger partial charge in [-0.15, -0.1) is 0 Å². The number of pyridine rings is 1. The second-order valence-corrected chi connectivity index (χ2v) is 6.00. The first kappa shape index (κ1) is 17.4. The van der Waals surface area contributed by atoms with Gasteiger partial charge in [0.15, 0.2) is 0 Å². The molecule has 0 bridgehead atoms. The third kappa shape index (κ3) is 5.34. The number of rotatable bonds is 7. The number of carbonyl (C=O) groups excluding carboxylic acids is 1. The lowest BCUT2D eigenvalue weighted by atomic mass is 10.1. The number of hydrogen-bond acceptors (Lipinski definition) is 4. The number of amides is 1. The van der Waals surface area contributed by atoms with Gasteiger partial charge in [0.05, 0.1) is 5.60 Å². The normalized spacial score (nSPS) is 11.6. The number of aromatic nitrogens is 1. The lowest BCUT2D eigenvalue weighted by molar-refractivity contribution is 0.0229. The van der Waals surface area contributed by atoms with Crippen LogP contribution in [0.4, 0.5) is 5.82 Å². The Morgan fingerprint density at radius 1 is 1.38 bits per heavy atom. The molecule has 0 unspecified atom stereocenters. The van der Waals surface area contributed by atoms with Gasteiger partial charge in [0.1, 0.15) is 5.82 Å². The van der Waals surface area contributed by atoms with E-state index in [1.807, 2.05) is 26.8 Å². The third-order valence-corrected chi connectivity index (χ3v) is 3.28. The Bertz CT molecular complexity index is 484. The smallest absolute Gasteiger partial charge is 0.251 e. The van der Waals surface area contributed by atoms with Crippen LogP contribution in [0, 0.1) is 0 Å². The summed E-state index contributed by atoms with van der Waals surface area (Å²) in [6.07, 6.45) is 0. The van der Waals surface area contributed by atoms with Crippen LogP contribution in [-0.2, 0) is 4.74 Å². The minimum Gasteiger partial charge on any atom is -0.377 e. The Morgan fingerprint density at radius 2 is 2.05 bits per heavy atom. The quantitative estimate of drug-likeness (QED) is 0.811. The molecule has 1 heterocycles. The van der Waals surface area contributed by atoms with E-state index in [4.69, 9.17) is 4.74 Å².